The third kappa shape index (κ3) is 5.07. The van der Waals surface area contributed by atoms with E-state index in [1.54, 1.807) is 4.90 Å². The molecule has 1 aliphatic rings. The molecule has 0 spiro atoms. The van der Waals surface area contributed by atoms with Gasteiger partial charge in [0.1, 0.15) is 0 Å². The Kier molecular flexibility index (Phi) is 6.07. The van der Waals surface area contributed by atoms with Crippen LogP contribution in [0.2, 0.25) is 0 Å². The van der Waals surface area contributed by atoms with Crippen LogP contribution in [0, 0.1) is 5.92 Å². The van der Waals surface area contributed by atoms with Crippen molar-refractivity contribution in [2.45, 2.75) is 12.8 Å². The molecule has 0 radical (unpaired) electrons. The summed E-state index contributed by atoms with van der Waals surface area (Å²) in [6.07, 6.45) is 1.87. The number of hydrogen-bond acceptors (Lipinski definition) is 2. The first-order valence-electron chi connectivity index (χ1n) is 8.93. The third-order valence-electron chi connectivity index (χ3n) is 4.63. The number of nitrogens with zero attached hydrogens (tertiary/aromatic N) is 1. The molecule has 4 nitrogen and oxygen atoms in total. The van der Waals surface area contributed by atoms with Gasteiger partial charge in [-0.25, -0.2) is 4.79 Å². The predicted molar refractivity (Wildman–Crippen MR) is 101 cm³/mol. The van der Waals surface area contributed by atoms with Crippen LogP contribution in [0.5, 0.6) is 0 Å². The van der Waals surface area contributed by atoms with Crippen molar-refractivity contribution in [3.05, 3.63) is 60.2 Å². The van der Waals surface area contributed by atoms with Crippen LogP contribution in [-0.2, 0) is 11.2 Å². The van der Waals surface area contributed by atoms with E-state index in [1.807, 2.05) is 25.2 Å². The normalized spacial score (nSPS) is 16.6. The zero-order chi connectivity index (χ0) is 17.5. The Morgan fingerprint density at radius 1 is 1.16 bits per heavy atom. The summed E-state index contributed by atoms with van der Waals surface area (Å²) in [5, 5.41) is 3.01. The first-order chi connectivity index (χ1) is 12.2. The summed E-state index contributed by atoms with van der Waals surface area (Å²) in [7, 11) is 1.85. The number of urea groups is 1. The highest BCUT2D eigenvalue weighted by Crippen LogP contribution is 2.20. The maximum absolute atomic E-state index is 12.2. The average Bonchev–Trinajstić information content (AvgIpc) is 3.15. The molecule has 1 aliphatic heterocycles. The van der Waals surface area contributed by atoms with Gasteiger partial charge in [-0.2, -0.15) is 0 Å². The second-order valence-corrected chi connectivity index (χ2v) is 6.66. The highest BCUT2D eigenvalue weighted by atomic mass is 16.5. The molecule has 3 rings (SSSR count). The maximum Gasteiger partial charge on any atom is 0.317 e. The lowest BCUT2D eigenvalue weighted by Gasteiger charge is -2.20. The van der Waals surface area contributed by atoms with Crippen molar-refractivity contribution in [2.75, 3.05) is 33.4 Å². The van der Waals surface area contributed by atoms with Crippen molar-refractivity contribution >= 4 is 6.03 Å². The molecule has 1 saturated heterocycles. The minimum Gasteiger partial charge on any atom is -0.381 e. The van der Waals surface area contributed by atoms with E-state index in [1.165, 1.54) is 16.7 Å². The van der Waals surface area contributed by atoms with Crippen LogP contribution in [0.1, 0.15) is 12.0 Å². The van der Waals surface area contributed by atoms with E-state index in [0.717, 1.165) is 32.6 Å². The molecule has 4 heteroatoms. The van der Waals surface area contributed by atoms with Crippen molar-refractivity contribution in [3.8, 4) is 11.1 Å². The Morgan fingerprint density at radius 2 is 1.96 bits per heavy atom. The SMILES string of the molecule is CN(CC1CCOC1)C(=O)NCCc1cccc(-c2ccccc2)c1. The summed E-state index contributed by atoms with van der Waals surface area (Å²) >= 11 is 0. The highest BCUT2D eigenvalue weighted by Gasteiger charge is 2.19. The number of amides is 2. The monoisotopic (exact) mass is 338 g/mol. The van der Waals surface area contributed by atoms with E-state index in [-0.39, 0.29) is 6.03 Å². The van der Waals surface area contributed by atoms with Gasteiger partial charge in [0.05, 0.1) is 6.61 Å². The molecule has 1 N–H and O–H groups in total. The third-order valence-corrected chi connectivity index (χ3v) is 4.63. The van der Waals surface area contributed by atoms with Gasteiger partial charge < -0.3 is 15.0 Å². The number of nitrogens with one attached hydrogen (secondary N) is 1. The summed E-state index contributed by atoms with van der Waals surface area (Å²) in [5.74, 6) is 0.471. The van der Waals surface area contributed by atoms with Crippen molar-refractivity contribution < 1.29 is 9.53 Å². The zero-order valence-corrected chi connectivity index (χ0v) is 14.8. The van der Waals surface area contributed by atoms with E-state index in [2.05, 4.69) is 41.7 Å². The van der Waals surface area contributed by atoms with Gasteiger partial charge in [0.2, 0.25) is 0 Å². The molecule has 132 valence electrons. The van der Waals surface area contributed by atoms with Gasteiger partial charge in [0.25, 0.3) is 0 Å². The zero-order valence-electron chi connectivity index (χ0n) is 14.8. The number of carbonyl (C=O) groups excluding carboxylic acids is 1. The first-order valence-corrected chi connectivity index (χ1v) is 8.93. The van der Waals surface area contributed by atoms with Gasteiger partial charge in [-0.05, 0) is 29.5 Å². The molecule has 25 heavy (non-hydrogen) atoms. The number of benzene rings is 2. The largest absolute Gasteiger partial charge is 0.381 e. The molecule has 1 unspecified atom stereocenters. The molecule has 0 aromatic heterocycles. The fourth-order valence-electron chi connectivity index (χ4n) is 3.18. The van der Waals surface area contributed by atoms with Crippen molar-refractivity contribution in [3.63, 3.8) is 0 Å². The number of hydrogen-bond donors (Lipinski definition) is 1. The van der Waals surface area contributed by atoms with Gasteiger partial charge in [-0.15, -0.1) is 0 Å². The van der Waals surface area contributed by atoms with Crippen LogP contribution in [0.25, 0.3) is 11.1 Å². The van der Waals surface area contributed by atoms with Crippen LogP contribution in [-0.4, -0.2) is 44.3 Å². The fourth-order valence-corrected chi connectivity index (χ4v) is 3.18. The molecule has 0 saturated carbocycles. The maximum atomic E-state index is 12.2. The molecule has 0 bridgehead atoms. The summed E-state index contributed by atoms with van der Waals surface area (Å²) in [4.78, 5) is 13.9. The summed E-state index contributed by atoms with van der Waals surface area (Å²) in [6, 6.07) is 18.8. The average molecular weight is 338 g/mol. The van der Waals surface area contributed by atoms with E-state index >= 15 is 0 Å². The van der Waals surface area contributed by atoms with Gasteiger partial charge in [-0.1, -0.05) is 54.6 Å². The second kappa shape index (κ2) is 8.67. The Bertz CT molecular complexity index is 681. The number of ether oxygens (including phenoxy) is 1. The summed E-state index contributed by atoms with van der Waals surface area (Å²) in [5.41, 5.74) is 3.66. The fraction of sp³-hybridized carbons (Fsp3) is 0.381. The van der Waals surface area contributed by atoms with Crippen LogP contribution < -0.4 is 5.32 Å². The van der Waals surface area contributed by atoms with E-state index in [9.17, 15) is 4.79 Å². The van der Waals surface area contributed by atoms with Crippen molar-refractivity contribution in [1.29, 1.82) is 0 Å². The van der Waals surface area contributed by atoms with Gasteiger partial charge in [-0.3, -0.25) is 0 Å². The van der Waals surface area contributed by atoms with Gasteiger partial charge in [0, 0.05) is 32.7 Å². The molecule has 1 heterocycles. The molecule has 2 amide bonds. The predicted octanol–water partition coefficient (Wildman–Crippen LogP) is 3.57. The van der Waals surface area contributed by atoms with Crippen LogP contribution >= 0.6 is 0 Å². The lowest BCUT2D eigenvalue weighted by atomic mass is 10.0. The molecule has 2 aromatic carbocycles. The first kappa shape index (κ1) is 17.5. The summed E-state index contributed by atoms with van der Waals surface area (Å²) in [6.45, 7) is 2.99. The highest BCUT2D eigenvalue weighted by molar-refractivity contribution is 5.73. The molecular weight excluding hydrogens is 312 g/mol. The topological polar surface area (TPSA) is 41.6 Å². The van der Waals surface area contributed by atoms with Crippen molar-refractivity contribution in [2.24, 2.45) is 5.92 Å². The lowest BCUT2D eigenvalue weighted by Crippen LogP contribution is -2.40. The minimum atomic E-state index is -0.00823. The Labute approximate surface area is 149 Å². The smallest absolute Gasteiger partial charge is 0.317 e. The van der Waals surface area contributed by atoms with E-state index < -0.39 is 0 Å². The molecule has 0 aliphatic carbocycles. The Balaban J connectivity index is 1.47. The van der Waals surface area contributed by atoms with E-state index in [4.69, 9.17) is 4.74 Å². The summed E-state index contributed by atoms with van der Waals surface area (Å²) < 4.78 is 5.37. The second-order valence-electron chi connectivity index (χ2n) is 6.66. The van der Waals surface area contributed by atoms with Gasteiger partial charge in [0.15, 0.2) is 0 Å². The van der Waals surface area contributed by atoms with E-state index in [0.29, 0.717) is 12.5 Å². The number of carbonyl (C=O) groups is 1. The van der Waals surface area contributed by atoms with Crippen LogP contribution in [0.4, 0.5) is 4.79 Å². The van der Waals surface area contributed by atoms with Crippen LogP contribution in [0.15, 0.2) is 54.6 Å². The molecule has 1 atom stereocenters. The van der Waals surface area contributed by atoms with Gasteiger partial charge >= 0.3 is 6.03 Å². The molecule has 1 fully saturated rings. The molecule has 2 aromatic rings. The van der Waals surface area contributed by atoms with Crippen LogP contribution in [0.3, 0.4) is 0 Å². The standard InChI is InChI=1S/C21H26N2O2/c1-23(15-18-11-13-25-16-18)21(24)22-12-10-17-6-5-9-20(14-17)19-7-3-2-4-8-19/h2-9,14,18H,10-13,15-16H2,1H3,(H,22,24). The number of rotatable bonds is 6. The quantitative estimate of drug-likeness (QED) is 0.875. The Morgan fingerprint density at radius 3 is 2.72 bits per heavy atom. The van der Waals surface area contributed by atoms with Crippen molar-refractivity contribution in [1.82, 2.24) is 10.2 Å². The minimum absolute atomic E-state index is 0.00823. The molecular formula is C21H26N2O2. The lowest BCUT2D eigenvalue weighted by molar-refractivity contribution is 0.171. The Hall–Kier alpha value is -2.33.